The van der Waals surface area contributed by atoms with E-state index in [1.54, 1.807) is 0 Å². The summed E-state index contributed by atoms with van der Waals surface area (Å²) in [5.41, 5.74) is 0.541. The number of fused-ring (bicyclic) bond motifs is 2. The van der Waals surface area contributed by atoms with Gasteiger partial charge >= 0.3 is 5.97 Å². The number of ether oxygens (including phenoxy) is 1. The summed E-state index contributed by atoms with van der Waals surface area (Å²) < 4.78 is 5.79. The van der Waals surface area contributed by atoms with Gasteiger partial charge in [0.25, 0.3) is 5.97 Å². The Morgan fingerprint density at radius 1 is 1.23 bits per heavy atom. The van der Waals surface area contributed by atoms with Crippen molar-refractivity contribution in [3.8, 4) is 0 Å². The number of carboxylic acid groups (broad SMARTS) is 1. The van der Waals surface area contributed by atoms with Crippen LogP contribution in [0.25, 0.3) is 0 Å². The van der Waals surface area contributed by atoms with Crippen LogP contribution in [-0.2, 0) is 14.3 Å². The minimum absolute atomic E-state index is 0.0259. The highest BCUT2D eigenvalue weighted by molar-refractivity contribution is 5.69. The normalized spacial score (nSPS) is 31.3. The summed E-state index contributed by atoms with van der Waals surface area (Å²) >= 11 is 0. The molecular weight excluding hydrogens is 280 g/mol. The van der Waals surface area contributed by atoms with Crippen molar-refractivity contribution in [3.05, 3.63) is 0 Å². The van der Waals surface area contributed by atoms with E-state index in [4.69, 9.17) is 14.6 Å². The van der Waals surface area contributed by atoms with Crippen LogP contribution in [0.15, 0.2) is 0 Å². The SMILES string of the molecule is CC(=O)O.CCCCCC(=O)O[C@H]1C[C@H]2CC[C@@]1(C)C2(C)C. The first-order valence-corrected chi connectivity index (χ1v) is 8.54. The quantitative estimate of drug-likeness (QED) is 0.603. The van der Waals surface area contributed by atoms with Crippen molar-refractivity contribution in [1.82, 2.24) is 0 Å². The van der Waals surface area contributed by atoms with Crippen LogP contribution in [0.5, 0.6) is 0 Å². The summed E-state index contributed by atoms with van der Waals surface area (Å²) in [5, 5.41) is 7.42. The van der Waals surface area contributed by atoms with Gasteiger partial charge in [-0.2, -0.15) is 0 Å². The molecule has 0 heterocycles. The van der Waals surface area contributed by atoms with Crippen molar-refractivity contribution in [3.63, 3.8) is 0 Å². The van der Waals surface area contributed by atoms with Crippen LogP contribution in [0, 0.1) is 16.7 Å². The molecule has 2 fully saturated rings. The molecule has 1 N–H and O–H groups in total. The van der Waals surface area contributed by atoms with Gasteiger partial charge in [0, 0.05) is 18.8 Å². The maximum atomic E-state index is 11.9. The van der Waals surface area contributed by atoms with Gasteiger partial charge in [-0.1, -0.05) is 40.5 Å². The molecule has 0 saturated heterocycles. The van der Waals surface area contributed by atoms with Crippen LogP contribution in [-0.4, -0.2) is 23.1 Å². The predicted molar refractivity (Wildman–Crippen MR) is 86.6 cm³/mol. The van der Waals surface area contributed by atoms with Crippen LogP contribution in [0.2, 0.25) is 0 Å². The minimum Gasteiger partial charge on any atom is -0.481 e. The third-order valence-electron chi connectivity index (χ3n) is 5.97. The van der Waals surface area contributed by atoms with Gasteiger partial charge in [0.1, 0.15) is 6.10 Å². The van der Waals surface area contributed by atoms with Crippen LogP contribution >= 0.6 is 0 Å². The van der Waals surface area contributed by atoms with Gasteiger partial charge in [-0.25, -0.2) is 0 Å². The highest BCUT2D eigenvalue weighted by Gasteiger charge is 2.62. The van der Waals surface area contributed by atoms with E-state index in [1.807, 2.05) is 0 Å². The van der Waals surface area contributed by atoms with Crippen LogP contribution in [0.1, 0.15) is 79.6 Å². The lowest BCUT2D eigenvalue weighted by atomic mass is 9.70. The molecule has 4 heteroatoms. The van der Waals surface area contributed by atoms with Crippen molar-refractivity contribution < 1.29 is 19.4 Å². The Balaban J connectivity index is 0.000000541. The second kappa shape index (κ2) is 7.47. The molecule has 2 bridgehead atoms. The Morgan fingerprint density at radius 2 is 1.82 bits per heavy atom. The standard InChI is InChI=1S/C16H28O2.C2H4O2/c1-5-6-7-8-14(17)18-13-11-12-9-10-16(13,4)15(12,2)3;1-2(3)4/h12-13H,5-11H2,1-4H3;1H3,(H,3,4)/t12-,13+,16-;/m1./s1. The zero-order valence-electron chi connectivity index (χ0n) is 14.8. The molecule has 0 amide bonds. The number of esters is 1. The van der Waals surface area contributed by atoms with E-state index in [9.17, 15) is 4.79 Å². The van der Waals surface area contributed by atoms with Gasteiger partial charge in [-0.05, 0) is 37.0 Å². The lowest BCUT2D eigenvalue weighted by Crippen LogP contribution is -2.38. The smallest absolute Gasteiger partial charge is 0.306 e. The highest BCUT2D eigenvalue weighted by Crippen LogP contribution is 2.66. The van der Waals surface area contributed by atoms with E-state index in [0.717, 1.165) is 38.5 Å². The number of rotatable bonds is 5. The minimum atomic E-state index is -0.833. The Labute approximate surface area is 134 Å². The maximum absolute atomic E-state index is 11.9. The van der Waals surface area contributed by atoms with Gasteiger partial charge < -0.3 is 9.84 Å². The summed E-state index contributed by atoms with van der Waals surface area (Å²) in [6, 6.07) is 0. The number of carboxylic acids is 1. The van der Waals surface area contributed by atoms with E-state index in [2.05, 4.69) is 27.7 Å². The number of carbonyl (C=O) groups is 2. The van der Waals surface area contributed by atoms with Crippen molar-refractivity contribution in [2.75, 3.05) is 0 Å². The molecule has 4 nitrogen and oxygen atoms in total. The van der Waals surface area contributed by atoms with E-state index < -0.39 is 5.97 Å². The largest absolute Gasteiger partial charge is 0.481 e. The molecule has 2 saturated carbocycles. The first-order valence-electron chi connectivity index (χ1n) is 8.54. The van der Waals surface area contributed by atoms with E-state index >= 15 is 0 Å². The lowest BCUT2D eigenvalue weighted by Gasteiger charge is -2.38. The van der Waals surface area contributed by atoms with Gasteiger partial charge in [-0.3, -0.25) is 9.59 Å². The van der Waals surface area contributed by atoms with Gasteiger partial charge in [-0.15, -0.1) is 0 Å². The molecule has 2 aliphatic carbocycles. The van der Waals surface area contributed by atoms with E-state index in [1.165, 1.54) is 12.8 Å². The second-order valence-electron chi connectivity index (χ2n) is 7.57. The number of aliphatic carboxylic acids is 1. The summed E-state index contributed by atoms with van der Waals surface area (Å²) in [6.07, 6.45) is 7.65. The van der Waals surface area contributed by atoms with Crippen LogP contribution in [0.3, 0.4) is 0 Å². The monoisotopic (exact) mass is 312 g/mol. The fraction of sp³-hybridized carbons (Fsp3) is 0.889. The summed E-state index contributed by atoms with van der Waals surface area (Å²) in [6.45, 7) is 10.3. The fourth-order valence-corrected chi connectivity index (χ4v) is 4.05. The highest BCUT2D eigenvalue weighted by atomic mass is 16.5. The predicted octanol–water partition coefficient (Wildman–Crippen LogP) is 4.42. The molecule has 0 aromatic carbocycles. The zero-order chi connectivity index (χ0) is 17.0. The Kier molecular flexibility index (Phi) is 6.45. The maximum Gasteiger partial charge on any atom is 0.306 e. The van der Waals surface area contributed by atoms with E-state index in [-0.39, 0.29) is 17.5 Å². The summed E-state index contributed by atoms with van der Waals surface area (Å²) in [7, 11) is 0. The molecule has 2 rings (SSSR count). The molecule has 3 atom stereocenters. The van der Waals surface area contributed by atoms with Crippen molar-refractivity contribution in [2.24, 2.45) is 16.7 Å². The first kappa shape index (κ1) is 19.0. The average molecular weight is 312 g/mol. The molecule has 0 aromatic heterocycles. The van der Waals surface area contributed by atoms with Crippen molar-refractivity contribution >= 4 is 11.9 Å². The molecule has 0 spiro atoms. The molecule has 0 aliphatic heterocycles. The summed E-state index contributed by atoms with van der Waals surface area (Å²) in [5.74, 6) is -0.0611. The lowest BCUT2D eigenvalue weighted by molar-refractivity contribution is -0.157. The van der Waals surface area contributed by atoms with Gasteiger partial charge in [0.15, 0.2) is 0 Å². The Bertz CT molecular complexity index is 398. The van der Waals surface area contributed by atoms with Gasteiger partial charge in [0.05, 0.1) is 0 Å². The van der Waals surface area contributed by atoms with Crippen molar-refractivity contribution in [2.45, 2.75) is 85.7 Å². The van der Waals surface area contributed by atoms with Crippen LogP contribution in [0.4, 0.5) is 0 Å². The molecule has 0 aromatic rings. The number of unbranched alkanes of at least 4 members (excludes halogenated alkanes) is 2. The molecule has 22 heavy (non-hydrogen) atoms. The number of hydrogen-bond donors (Lipinski definition) is 1. The third kappa shape index (κ3) is 4.02. The Hall–Kier alpha value is -1.06. The molecule has 2 aliphatic rings. The molecule has 128 valence electrons. The van der Waals surface area contributed by atoms with Crippen molar-refractivity contribution in [1.29, 1.82) is 0 Å². The molecule has 0 radical (unpaired) electrons. The zero-order valence-corrected chi connectivity index (χ0v) is 14.8. The molecular formula is C18H32O4. The number of carbonyl (C=O) groups excluding carboxylic acids is 1. The third-order valence-corrected chi connectivity index (χ3v) is 5.97. The topological polar surface area (TPSA) is 63.6 Å². The Morgan fingerprint density at radius 3 is 2.23 bits per heavy atom. The van der Waals surface area contributed by atoms with Crippen LogP contribution < -0.4 is 0 Å². The fourth-order valence-electron chi connectivity index (χ4n) is 4.05. The second-order valence-corrected chi connectivity index (χ2v) is 7.57. The summed E-state index contributed by atoms with van der Waals surface area (Å²) in [4.78, 5) is 20.9. The first-order chi connectivity index (χ1) is 10.1. The average Bonchev–Trinajstić information content (AvgIpc) is 2.71. The van der Waals surface area contributed by atoms with E-state index in [0.29, 0.717) is 11.8 Å². The molecule has 0 unspecified atom stereocenters. The number of hydrogen-bond acceptors (Lipinski definition) is 3. The van der Waals surface area contributed by atoms with Gasteiger partial charge in [0.2, 0.25) is 0 Å².